The SMILES string of the molecule is CC(C)(Cc1coc(C2(C)C(=O)Nc3nc(-c4nn(Cc5ccccc5F)c5ccc(Cl)cc45)nc(N)c32)n1)C(=O)O. The summed E-state index contributed by atoms with van der Waals surface area (Å²) in [6, 6.07) is 11.6. The predicted molar refractivity (Wildman–Crippen MR) is 152 cm³/mol. The van der Waals surface area contributed by atoms with Crippen molar-refractivity contribution in [3.05, 3.63) is 82.3 Å². The number of carboxylic acids is 1. The molecular formula is C29H25ClFN7O4. The van der Waals surface area contributed by atoms with E-state index in [0.29, 0.717) is 32.9 Å². The van der Waals surface area contributed by atoms with Crippen LogP contribution >= 0.6 is 11.6 Å². The van der Waals surface area contributed by atoms with E-state index in [-0.39, 0.29) is 47.7 Å². The molecule has 2 aromatic carbocycles. The highest BCUT2D eigenvalue weighted by Gasteiger charge is 2.51. The number of carboxylic acid groups (broad SMARTS) is 1. The standard InChI is InChI=1S/C29H25ClFN7O4/c1-28(2,27(40)41)11-16-13-42-26(33-16)29(3)20-22(32)34-24(35-23(20)36-25(29)39)21-17-10-15(30)8-9-19(17)38(37-21)12-14-6-4-5-7-18(14)31/h4-10,13H,11-12H2,1-3H3,(H,40,41)(H3,32,34,35,36,39). The van der Waals surface area contributed by atoms with Crippen molar-refractivity contribution in [3.8, 4) is 11.5 Å². The van der Waals surface area contributed by atoms with Gasteiger partial charge in [0.05, 0.1) is 28.7 Å². The zero-order valence-corrected chi connectivity index (χ0v) is 23.5. The highest BCUT2D eigenvalue weighted by atomic mass is 35.5. The summed E-state index contributed by atoms with van der Waals surface area (Å²) in [5.74, 6) is -1.51. The summed E-state index contributed by atoms with van der Waals surface area (Å²) in [6.07, 6.45) is 1.42. The van der Waals surface area contributed by atoms with Crippen LogP contribution in [0.4, 0.5) is 16.0 Å². The molecular weight excluding hydrogens is 565 g/mol. The largest absolute Gasteiger partial charge is 0.481 e. The summed E-state index contributed by atoms with van der Waals surface area (Å²) in [5.41, 5.74) is 6.00. The monoisotopic (exact) mass is 589 g/mol. The van der Waals surface area contributed by atoms with Gasteiger partial charge in [-0.2, -0.15) is 5.10 Å². The van der Waals surface area contributed by atoms with Crippen molar-refractivity contribution < 1.29 is 23.5 Å². The molecule has 0 spiro atoms. The van der Waals surface area contributed by atoms with Crippen LogP contribution < -0.4 is 11.1 Å². The van der Waals surface area contributed by atoms with Gasteiger partial charge in [-0.15, -0.1) is 0 Å². The van der Waals surface area contributed by atoms with Crippen LogP contribution in [0.25, 0.3) is 22.4 Å². The molecule has 6 rings (SSSR count). The summed E-state index contributed by atoms with van der Waals surface area (Å²) in [7, 11) is 0. The molecule has 1 aliphatic rings. The molecule has 1 atom stereocenters. The molecule has 11 nitrogen and oxygen atoms in total. The third-order valence-electron chi connectivity index (χ3n) is 7.51. The number of hydrogen-bond acceptors (Lipinski definition) is 8. The number of anilines is 2. The molecule has 13 heteroatoms. The van der Waals surface area contributed by atoms with Crippen LogP contribution in [-0.2, 0) is 28.0 Å². The predicted octanol–water partition coefficient (Wildman–Crippen LogP) is 4.82. The topological polar surface area (TPSA) is 162 Å². The van der Waals surface area contributed by atoms with Crippen LogP contribution in [0.15, 0.2) is 53.1 Å². The maximum atomic E-state index is 14.5. The van der Waals surface area contributed by atoms with Gasteiger partial charge in [0.1, 0.15) is 29.4 Å². The van der Waals surface area contributed by atoms with Crippen molar-refractivity contribution in [2.45, 2.75) is 39.2 Å². The van der Waals surface area contributed by atoms with Crippen LogP contribution in [0.5, 0.6) is 0 Å². The van der Waals surface area contributed by atoms with Gasteiger partial charge in [-0.05, 0) is 45.0 Å². The number of hydrogen-bond donors (Lipinski definition) is 3. The Kier molecular flexibility index (Phi) is 6.26. The highest BCUT2D eigenvalue weighted by molar-refractivity contribution is 6.31. The fourth-order valence-corrected chi connectivity index (χ4v) is 5.26. The third kappa shape index (κ3) is 4.35. The Labute approximate surface area is 243 Å². The van der Waals surface area contributed by atoms with E-state index in [0.717, 1.165) is 0 Å². The first-order valence-electron chi connectivity index (χ1n) is 13.0. The smallest absolute Gasteiger partial charge is 0.309 e. The maximum absolute atomic E-state index is 14.5. The maximum Gasteiger partial charge on any atom is 0.309 e. The quantitative estimate of drug-likeness (QED) is 0.242. The molecule has 4 heterocycles. The molecule has 5 aromatic rings. The first-order chi connectivity index (χ1) is 19.9. The van der Waals surface area contributed by atoms with Gasteiger partial charge in [-0.3, -0.25) is 14.3 Å². The van der Waals surface area contributed by atoms with Crippen LogP contribution in [0, 0.1) is 11.2 Å². The first-order valence-corrected chi connectivity index (χ1v) is 13.3. The lowest BCUT2D eigenvalue weighted by molar-refractivity contribution is -0.146. The van der Waals surface area contributed by atoms with E-state index in [1.54, 1.807) is 61.9 Å². The minimum absolute atomic E-state index is 0.000276. The van der Waals surface area contributed by atoms with Gasteiger partial charge in [0.25, 0.3) is 0 Å². The van der Waals surface area contributed by atoms with Crippen molar-refractivity contribution in [1.29, 1.82) is 0 Å². The van der Waals surface area contributed by atoms with Gasteiger partial charge < -0.3 is 20.6 Å². The summed E-state index contributed by atoms with van der Waals surface area (Å²) in [5, 5.41) is 18.0. The molecule has 1 aliphatic heterocycles. The lowest BCUT2D eigenvalue weighted by Gasteiger charge is -2.19. The third-order valence-corrected chi connectivity index (χ3v) is 7.74. The second-order valence-corrected chi connectivity index (χ2v) is 11.4. The Morgan fingerprint density at radius 2 is 1.98 bits per heavy atom. The lowest BCUT2D eigenvalue weighted by atomic mass is 9.84. The van der Waals surface area contributed by atoms with E-state index < -0.39 is 22.7 Å². The van der Waals surface area contributed by atoms with Crippen LogP contribution in [0.3, 0.4) is 0 Å². The molecule has 0 bridgehead atoms. The highest BCUT2D eigenvalue weighted by Crippen LogP contribution is 2.45. The number of aliphatic carboxylic acids is 1. The number of oxazole rings is 1. The number of nitrogens with two attached hydrogens (primary N) is 1. The van der Waals surface area contributed by atoms with Gasteiger partial charge in [-0.1, -0.05) is 29.8 Å². The number of halogens is 2. The van der Waals surface area contributed by atoms with E-state index in [2.05, 4.69) is 25.4 Å². The minimum Gasteiger partial charge on any atom is -0.481 e. The van der Waals surface area contributed by atoms with Gasteiger partial charge >= 0.3 is 5.97 Å². The zero-order chi connectivity index (χ0) is 30.0. The van der Waals surface area contributed by atoms with Gasteiger partial charge in [0, 0.05) is 22.4 Å². The van der Waals surface area contributed by atoms with Crippen molar-refractivity contribution in [3.63, 3.8) is 0 Å². The van der Waals surface area contributed by atoms with Gasteiger partial charge in [-0.25, -0.2) is 19.3 Å². The van der Waals surface area contributed by atoms with Crippen LogP contribution in [0.1, 0.15) is 43.5 Å². The van der Waals surface area contributed by atoms with Crippen LogP contribution in [0.2, 0.25) is 5.02 Å². The summed E-state index contributed by atoms with van der Waals surface area (Å²) < 4.78 is 21.8. The van der Waals surface area contributed by atoms with E-state index in [9.17, 15) is 19.1 Å². The fraction of sp³-hybridized carbons (Fsp3) is 0.241. The average Bonchev–Trinajstić information content (AvgIpc) is 3.60. The summed E-state index contributed by atoms with van der Waals surface area (Å²) >= 11 is 6.31. The summed E-state index contributed by atoms with van der Waals surface area (Å²) in [4.78, 5) is 38.5. The second-order valence-electron chi connectivity index (χ2n) is 11.0. The van der Waals surface area contributed by atoms with E-state index in [4.69, 9.17) is 21.8 Å². The Hall–Kier alpha value is -4.84. The number of nitrogens with zero attached hydrogens (tertiary/aromatic N) is 5. The molecule has 1 amide bonds. The number of rotatable bonds is 7. The molecule has 0 fully saturated rings. The van der Waals surface area contributed by atoms with Crippen molar-refractivity contribution in [2.24, 2.45) is 5.41 Å². The Bertz CT molecular complexity index is 1920. The van der Waals surface area contributed by atoms with Crippen molar-refractivity contribution in [2.75, 3.05) is 11.1 Å². The number of nitrogen functional groups attached to an aromatic ring is 1. The average molecular weight is 590 g/mol. The lowest BCUT2D eigenvalue weighted by Crippen LogP contribution is -2.33. The van der Waals surface area contributed by atoms with Crippen molar-refractivity contribution >= 4 is 46.0 Å². The minimum atomic E-state index is -1.47. The molecule has 214 valence electrons. The Morgan fingerprint density at radius 1 is 1.21 bits per heavy atom. The fourth-order valence-electron chi connectivity index (χ4n) is 5.09. The molecule has 0 saturated carbocycles. The number of nitrogens with one attached hydrogen (secondary N) is 1. The van der Waals surface area contributed by atoms with Gasteiger partial charge in [0.15, 0.2) is 11.2 Å². The van der Waals surface area contributed by atoms with Crippen molar-refractivity contribution in [1.82, 2.24) is 24.7 Å². The number of carbonyl (C=O) groups excluding carboxylic acids is 1. The van der Waals surface area contributed by atoms with E-state index in [1.807, 2.05) is 0 Å². The number of amides is 1. The van der Waals surface area contributed by atoms with E-state index in [1.165, 1.54) is 12.3 Å². The van der Waals surface area contributed by atoms with Crippen LogP contribution in [-0.4, -0.2) is 41.7 Å². The molecule has 1 unspecified atom stereocenters. The second kappa shape index (κ2) is 9.62. The molecule has 4 N–H and O–H groups in total. The summed E-state index contributed by atoms with van der Waals surface area (Å²) in [6.45, 7) is 4.88. The van der Waals surface area contributed by atoms with Gasteiger partial charge in [0.2, 0.25) is 11.8 Å². The molecule has 0 aliphatic carbocycles. The molecule has 42 heavy (non-hydrogen) atoms. The number of fused-ring (bicyclic) bond motifs is 2. The normalized spacial score (nSPS) is 16.5. The number of aromatic nitrogens is 5. The number of benzene rings is 2. The Balaban J connectivity index is 1.42. The molecule has 0 saturated heterocycles. The first kappa shape index (κ1) is 27.3. The Morgan fingerprint density at radius 3 is 2.71 bits per heavy atom. The zero-order valence-electron chi connectivity index (χ0n) is 22.8. The van der Waals surface area contributed by atoms with E-state index >= 15 is 0 Å². The molecule has 3 aromatic heterocycles. The molecule has 0 radical (unpaired) electrons. The number of carbonyl (C=O) groups is 2.